The Hall–Kier alpha value is -2.97. The first-order valence-corrected chi connectivity index (χ1v) is 15.5. The zero-order valence-corrected chi connectivity index (χ0v) is 24.1. The Morgan fingerprint density at radius 1 is 1.10 bits per heavy atom. The van der Waals surface area contributed by atoms with Crippen LogP contribution in [-0.2, 0) is 27.8 Å². The van der Waals surface area contributed by atoms with Crippen molar-refractivity contribution in [1.29, 1.82) is 0 Å². The molecule has 1 aliphatic carbocycles. The number of rotatable bonds is 11. The highest BCUT2D eigenvalue weighted by Gasteiger charge is 2.30. The Morgan fingerprint density at radius 3 is 2.46 bits per heavy atom. The van der Waals surface area contributed by atoms with Crippen LogP contribution >= 0.6 is 11.6 Å². The average molecular weight is 570 g/mol. The molecule has 1 saturated carbocycles. The minimum absolute atomic E-state index is 0.0626. The van der Waals surface area contributed by atoms with E-state index in [2.05, 4.69) is 40.9 Å². The molecular formula is C30H36ClN3O4S. The van der Waals surface area contributed by atoms with E-state index in [0.29, 0.717) is 12.2 Å². The van der Waals surface area contributed by atoms with Crippen LogP contribution in [0.2, 0.25) is 5.15 Å². The number of hydrogen-bond donors (Lipinski definition) is 1. The van der Waals surface area contributed by atoms with Crippen molar-refractivity contribution in [3.8, 4) is 0 Å². The van der Waals surface area contributed by atoms with E-state index in [0.717, 1.165) is 73.7 Å². The number of carbonyl (C=O) groups excluding carboxylic acids is 2. The first-order chi connectivity index (χ1) is 18.7. The molecule has 0 aliphatic heterocycles. The van der Waals surface area contributed by atoms with Gasteiger partial charge in [-0.25, -0.2) is 18.1 Å². The van der Waals surface area contributed by atoms with Crippen LogP contribution in [0.1, 0.15) is 90.8 Å². The molecule has 1 fully saturated rings. The van der Waals surface area contributed by atoms with Crippen LogP contribution in [0, 0.1) is 12.8 Å². The topological polar surface area (TPSA) is 98.1 Å². The predicted molar refractivity (Wildman–Crippen MR) is 153 cm³/mol. The molecule has 0 saturated heterocycles. The molecule has 1 N–H and O–H groups in total. The first kappa shape index (κ1) is 29.0. The second kappa shape index (κ2) is 12.9. The summed E-state index contributed by atoms with van der Waals surface area (Å²) in [5.41, 5.74) is 3.52. The molecule has 0 spiro atoms. The van der Waals surface area contributed by atoms with Crippen molar-refractivity contribution in [3.63, 3.8) is 0 Å². The van der Waals surface area contributed by atoms with Crippen LogP contribution < -0.4 is 4.72 Å². The maximum absolute atomic E-state index is 12.8. The molecule has 1 amide bonds. The van der Waals surface area contributed by atoms with E-state index < -0.39 is 15.9 Å². The van der Waals surface area contributed by atoms with Gasteiger partial charge >= 0.3 is 0 Å². The minimum Gasteiger partial charge on any atom is -0.320 e. The standard InChI is InChI=1S/C30H36ClN3O4S/c1-3-4-9-28-32-30(31)27(20-35)34(28)19-22-12-14-23(15-13-22)26-8-6-5-7-24(26)18-29(36)33-39(37,38)25-16-10-21(2)11-17-25/h10-17,20,24,26H,3-9,18-19H2,1-2H3,(H,33,36)/t24-,26-/m0/s1. The molecular weight excluding hydrogens is 534 g/mol. The van der Waals surface area contributed by atoms with Crippen LogP contribution in [-0.4, -0.2) is 30.2 Å². The number of aldehydes is 1. The van der Waals surface area contributed by atoms with Crippen LogP contribution in [0.25, 0.3) is 0 Å². The van der Waals surface area contributed by atoms with E-state index >= 15 is 0 Å². The Balaban J connectivity index is 1.45. The van der Waals surface area contributed by atoms with Crippen molar-refractivity contribution in [2.75, 3.05) is 0 Å². The Morgan fingerprint density at radius 2 is 1.79 bits per heavy atom. The van der Waals surface area contributed by atoms with Gasteiger partial charge in [-0.1, -0.05) is 79.7 Å². The second-order valence-electron chi connectivity index (χ2n) is 10.5. The average Bonchev–Trinajstić information content (AvgIpc) is 3.21. The summed E-state index contributed by atoms with van der Waals surface area (Å²) in [6, 6.07) is 14.7. The molecule has 4 rings (SSSR count). The van der Waals surface area contributed by atoms with E-state index in [-0.39, 0.29) is 28.3 Å². The number of sulfonamides is 1. The van der Waals surface area contributed by atoms with E-state index in [1.54, 1.807) is 12.1 Å². The molecule has 0 bridgehead atoms. The van der Waals surface area contributed by atoms with Crippen molar-refractivity contribution >= 4 is 33.8 Å². The van der Waals surface area contributed by atoms with Crippen molar-refractivity contribution in [1.82, 2.24) is 14.3 Å². The molecule has 2 aromatic carbocycles. The lowest BCUT2D eigenvalue weighted by molar-refractivity contribution is -0.120. The number of benzene rings is 2. The van der Waals surface area contributed by atoms with E-state index in [1.807, 2.05) is 11.5 Å². The summed E-state index contributed by atoms with van der Waals surface area (Å²) in [6.45, 7) is 4.49. The molecule has 9 heteroatoms. The minimum atomic E-state index is -3.90. The van der Waals surface area contributed by atoms with Crippen LogP contribution in [0.4, 0.5) is 0 Å². The summed E-state index contributed by atoms with van der Waals surface area (Å²) in [5, 5.41) is 0.237. The summed E-state index contributed by atoms with van der Waals surface area (Å²) >= 11 is 6.23. The number of halogens is 1. The Kier molecular flexibility index (Phi) is 9.62. The SMILES string of the molecule is CCCCc1nc(Cl)c(C=O)n1Cc1ccc([C@@H]2CCCC[C@H]2CC(=O)NS(=O)(=O)c2ccc(C)cc2)cc1. The summed E-state index contributed by atoms with van der Waals surface area (Å²) in [7, 11) is -3.90. The first-order valence-electron chi connectivity index (χ1n) is 13.6. The van der Waals surface area contributed by atoms with E-state index in [4.69, 9.17) is 11.6 Å². The number of nitrogens with one attached hydrogen (secondary N) is 1. The highest BCUT2D eigenvalue weighted by atomic mass is 35.5. The molecule has 7 nitrogen and oxygen atoms in total. The maximum Gasteiger partial charge on any atom is 0.264 e. The Bertz CT molecular complexity index is 1400. The summed E-state index contributed by atoms with van der Waals surface area (Å²) in [4.78, 5) is 29.0. The van der Waals surface area contributed by atoms with Crippen LogP contribution in [0.3, 0.4) is 0 Å². The van der Waals surface area contributed by atoms with Gasteiger partial charge in [-0.05, 0) is 61.3 Å². The predicted octanol–water partition coefficient (Wildman–Crippen LogP) is 6.22. The lowest BCUT2D eigenvalue weighted by Crippen LogP contribution is -2.33. The normalized spacial score (nSPS) is 17.6. The van der Waals surface area contributed by atoms with Crippen molar-refractivity contribution in [2.24, 2.45) is 5.92 Å². The number of aryl methyl sites for hydroxylation is 2. The fraction of sp³-hybridized carbons (Fsp3) is 0.433. The van der Waals surface area contributed by atoms with E-state index in [1.165, 1.54) is 12.1 Å². The molecule has 2 atom stereocenters. The van der Waals surface area contributed by atoms with Gasteiger partial charge in [0, 0.05) is 19.4 Å². The highest BCUT2D eigenvalue weighted by Crippen LogP contribution is 2.40. The van der Waals surface area contributed by atoms with E-state index in [9.17, 15) is 18.0 Å². The molecule has 208 valence electrons. The van der Waals surface area contributed by atoms with Crippen molar-refractivity contribution < 1.29 is 18.0 Å². The van der Waals surface area contributed by atoms with Gasteiger partial charge in [-0.3, -0.25) is 9.59 Å². The van der Waals surface area contributed by atoms with Gasteiger partial charge in [0.05, 0.1) is 4.90 Å². The summed E-state index contributed by atoms with van der Waals surface area (Å²) in [6.07, 6.45) is 7.59. The van der Waals surface area contributed by atoms with Gasteiger partial charge in [0.2, 0.25) is 5.91 Å². The molecule has 3 aromatic rings. The van der Waals surface area contributed by atoms with Crippen molar-refractivity contribution in [3.05, 3.63) is 81.9 Å². The van der Waals surface area contributed by atoms with Gasteiger partial charge in [-0.2, -0.15) is 0 Å². The number of amides is 1. The monoisotopic (exact) mass is 569 g/mol. The lowest BCUT2D eigenvalue weighted by atomic mass is 9.74. The number of imidazole rings is 1. The zero-order chi connectivity index (χ0) is 28.0. The maximum atomic E-state index is 12.8. The van der Waals surface area contributed by atoms with Gasteiger partial charge in [0.15, 0.2) is 11.4 Å². The highest BCUT2D eigenvalue weighted by molar-refractivity contribution is 7.90. The molecule has 1 aliphatic rings. The number of nitrogens with zero attached hydrogens (tertiary/aromatic N) is 2. The quantitative estimate of drug-likeness (QED) is 0.276. The van der Waals surface area contributed by atoms with Gasteiger partial charge in [0.25, 0.3) is 10.0 Å². The van der Waals surface area contributed by atoms with Crippen LogP contribution in [0.15, 0.2) is 53.4 Å². The summed E-state index contributed by atoms with van der Waals surface area (Å²) < 4.78 is 29.5. The number of aromatic nitrogens is 2. The summed E-state index contributed by atoms with van der Waals surface area (Å²) in [5.74, 6) is 0.579. The smallest absolute Gasteiger partial charge is 0.264 e. The molecule has 39 heavy (non-hydrogen) atoms. The molecule has 0 radical (unpaired) electrons. The fourth-order valence-corrected chi connectivity index (χ4v) is 6.68. The molecule has 0 unspecified atom stereocenters. The largest absolute Gasteiger partial charge is 0.320 e. The number of unbranched alkanes of at least 4 members (excludes halogenated alkanes) is 1. The third-order valence-corrected chi connectivity index (χ3v) is 9.26. The Labute approximate surface area is 236 Å². The molecule has 1 heterocycles. The third kappa shape index (κ3) is 7.17. The second-order valence-corrected chi connectivity index (χ2v) is 12.5. The van der Waals surface area contributed by atoms with Gasteiger partial charge in [0.1, 0.15) is 11.5 Å². The number of hydrogen-bond acceptors (Lipinski definition) is 5. The van der Waals surface area contributed by atoms with Crippen LogP contribution in [0.5, 0.6) is 0 Å². The van der Waals surface area contributed by atoms with Gasteiger partial charge < -0.3 is 4.57 Å². The van der Waals surface area contributed by atoms with Crippen molar-refractivity contribution in [2.45, 2.75) is 82.6 Å². The third-order valence-electron chi connectivity index (χ3n) is 7.59. The fourth-order valence-electron chi connectivity index (χ4n) is 5.45. The number of carbonyl (C=O) groups is 2. The van der Waals surface area contributed by atoms with Gasteiger partial charge in [-0.15, -0.1) is 0 Å². The zero-order valence-electron chi connectivity index (χ0n) is 22.5. The molecule has 1 aromatic heterocycles. The lowest BCUT2D eigenvalue weighted by Gasteiger charge is -2.31.